The van der Waals surface area contributed by atoms with E-state index in [-0.39, 0.29) is 5.44 Å². The highest BCUT2D eigenvalue weighted by molar-refractivity contribution is 8.00. The summed E-state index contributed by atoms with van der Waals surface area (Å²) in [6, 6.07) is 0. The van der Waals surface area contributed by atoms with Crippen molar-refractivity contribution in [1.29, 1.82) is 0 Å². The summed E-state index contributed by atoms with van der Waals surface area (Å²) in [6.45, 7) is 0. The average Bonchev–Trinajstić information content (AvgIpc) is 2.12. The second-order valence-corrected chi connectivity index (χ2v) is 4.28. The number of hydrogen-bond acceptors (Lipinski definition) is 4. The van der Waals surface area contributed by atoms with Gasteiger partial charge in [-0.15, -0.1) is 11.8 Å². The van der Waals surface area contributed by atoms with E-state index in [0.717, 1.165) is 12.2 Å². The van der Waals surface area contributed by atoms with Gasteiger partial charge in [-0.2, -0.15) is 8.42 Å². The van der Waals surface area contributed by atoms with E-state index in [0.29, 0.717) is 6.42 Å². The van der Waals surface area contributed by atoms with Crippen molar-refractivity contribution in [1.82, 2.24) is 0 Å². The molecule has 1 unspecified atom stereocenters. The van der Waals surface area contributed by atoms with Gasteiger partial charge in [0.05, 0.1) is 0 Å². The molecule has 6 heteroatoms. The largest absolute Gasteiger partial charge is 0.398 e. The van der Waals surface area contributed by atoms with E-state index in [1.807, 2.05) is 0 Å². The van der Waals surface area contributed by atoms with Crippen molar-refractivity contribution in [3.05, 3.63) is 0 Å². The first-order valence-corrected chi connectivity index (χ1v) is 5.26. The van der Waals surface area contributed by atoms with Crippen LogP contribution < -0.4 is 0 Å². The molecule has 4 nitrogen and oxygen atoms in total. The summed E-state index contributed by atoms with van der Waals surface area (Å²) in [5.74, 6) is 0.903. The maximum absolute atomic E-state index is 10.1. The van der Waals surface area contributed by atoms with Crippen molar-refractivity contribution in [3.63, 3.8) is 0 Å². The van der Waals surface area contributed by atoms with Gasteiger partial charge in [-0.05, 0) is 18.6 Å². The van der Waals surface area contributed by atoms with Crippen LogP contribution in [-0.4, -0.2) is 24.2 Å². The smallest absolute Gasteiger partial charge is 0.263 e. The minimum atomic E-state index is -4.23. The van der Waals surface area contributed by atoms with Crippen LogP contribution in [0.2, 0.25) is 0 Å². The summed E-state index contributed by atoms with van der Waals surface area (Å²) in [7, 11) is -4.23. The molecule has 0 radical (unpaired) electrons. The summed E-state index contributed by atoms with van der Waals surface area (Å²) in [5, 5.41) is 0. The summed E-state index contributed by atoms with van der Waals surface area (Å²) >= 11 is 1.41. The highest BCUT2D eigenvalue weighted by Crippen LogP contribution is 2.27. The van der Waals surface area contributed by atoms with Gasteiger partial charge in [0.25, 0.3) is 0 Å². The Morgan fingerprint density at radius 3 is 2.70 bits per heavy atom. The zero-order valence-corrected chi connectivity index (χ0v) is 6.82. The predicted octanol–water partition coefficient (Wildman–Crippen LogP) is 0.659. The summed E-state index contributed by atoms with van der Waals surface area (Å²) in [4.78, 5) is 0. The third-order valence-electron chi connectivity index (χ3n) is 1.12. The zero-order valence-electron chi connectivity index (χ0n) is 5.19. The number of thioether (sulfide) groups is 1. The van der Waals surface area contributed by atoms with Crippen LogP contribution in [0.1, 0.15) is 12.8 Å². The van der Waals surface area contributed by atoms with Gasteiger partial charge < -0.3 is 0 Å². The van der Waals surface area contributed by atoms with Crippen LogP contribution in [0.4, 0.5) is 0 Å². The first kappa shape index (κ1) is 8.32. The fourth-order valence-corrected chi connectivity index (χ4v) is 2.58. The van der Waals surface area contributed by atoms with E-state index in [9.17, 15) is 8.42 Å². The molecule has 60 valence electrons. The minimum absolute atomic E-state index is 0.366. The molecule has 10 heavy (non-hydrogen) atoms. The molecule has 1 saturated heterocycles. The summed E-state index contributed by atoms with van der Waals surface area (Å²) < 4.78 is 32.7. The zero-order chi connectivity index (χ0) is 7.61. The van der Waals surface area contributed by atoms with Crippen molar-refractivity contribution in [2.45, 2.75) is 18.3 Å². The lowest BCUT2D eigenvalue weighted by Gasteiger charge is -2.04. The Hall–Kier alpha value is 0.220. The lowest BCUT2D eigenvalue weighted by atomic mass is 10.4. The van der Waals surface area contributed by atoms with Gasteiger partial charge in [-0.3, -0.25) is 4.55 Å². The van der Waals surface area contributed by atoms with Gasteiger partial charge in [0.2, 0.25) is 0 Å². The van der Waals surface area contributed by atoms with Crippen molar-refractivity contribution in [2.75, 3.05) is 5.75 Å². The molecular weight excluding hydrogens is 176 g/mol. The van der Waals surface area contributed by atoms with Crippen molar-refractivity contribution < 1.29 is 17.2 Å². The Morgan fingerprint density at radius 2 is 2.30 bits per heavy atom. The van der Waals surface area contributed by atoms with Crippen LogP contribution in [0, 0.1) is 0 Å². The van der Waals surface area contributed by atoms with E-state index in [1.165, 1.54) is 11.8 Å². The Balaban J connectivity index is 2.38. The lowest BCUT2D eigenvalue weighted by molar-refractivity contribution is 0.246. The number of rotatable bonds is 2. The molecule has 1 heterocycles. The van der Waals surface area contributed by atoms with Gasteiger partial charge in [-0.1, -0.05) is 0 Å². The van der Waals surface area contributed by atoms with E-state index in [4.69, 9.17) is 4.55 Å². The maximum Gasteiger partial charge on any atom is 0.398 e. The molecule has 1 atom stereocenters. The van der Waals surface area contributed by atoms with E-state index in [2.05, 4.69) is 4.18 Å². The first-order valence-electron chi connectivity index (χ1n) is 2.85. The van der Waals surface area contributed by atoms with Gasteiger partial charge in [-0.25, -0.2) is 4.18 Å². The normalized spacial score (nSPS) is 27.1. The molecule has 1 aliphatic rings. The second-order valence-electron chi connectivity index (χ2n) is 1.97. The van der Waals surface area contributed by atoms with E-state index >= 15 is 0 Å². The van der Waals surface area contributed by atoms with Gasteiger partial charge in [0, 0.05) is 0 Å². The highest BCUT2D eigenvalue weighted by Gasteiger charge is 2.21. The molecular formula is C4H8O4S2. The van der Waals surface area contributed by atoms with Crippen LogP contribution in [0.15, 0.2) is 0 Å². The highest BCUT2D eigenvalue weighted by atomic mass is 32.3. The van der Waals surface area contributed by atoms with Crippen LogP contribution in [0.5, 0.6) is 0 Å². The Labute approximate surface area is 63.9 Å². The topological polar surface area (TPSA) is 63.6 Å². The lowest BCUT2D eigenvalue weighted by Crippen LogP contribution is -2.11. The SMILES string of the molecule is O=S(=O)(O)OC1CCCS1. The molecule has 0 amide bonds. The molecule has 1 fully saturated rings. The predicted molar refractivity (Wildman–Crippen MR) is 38.1 cm³/mol. The molecule has 1 aliphatic heterocycles. The molecule has 0 saturated carbocycles. The molecule has 0 bridgehead atoms. The van der Waals surface area contributed by atoms with Crippen LogP contribution in [0.25, 0.3) is 0 Å². The number of hydrogen-bond donors (Lipinski definition) is 1. The fraction of sp³-hybridized carbons (Fsp3) is 1.00. The molecule has 0 aliphatic carbocycles. The Morgan fingerprint density at radius 1 is 1.60 bits per heavy atom. The van der Waals surface area contributed by atoms with Crippen molar-refractivity contribution in [3.8, 4) is 0 Å². The first-order chi connectivity index (χ1) is 4.58. The van der Waals surface area contributed by atoms with Crippen molar-refractivity contribution >= 4 is 22.2 Å². The Kier molecular flexibility index (Phi) is 2.56. The van der Waals surface area contributed by atoms with Crippen LogP contribution >= 0.6 is 11.8 Å². The minimum Gasteiger partial charge on any atom is -0.263 e. The summed E-state index contributed by atoms with van der Waals surface area (Å²) in [5.41, 5.74) is -0.366. The van der Waals surface area contributed by atoms with Crippen molar-refractivity contribution in [2.24, 2.45) is 0 Å². The summed E-state index contributed by atoms with van der Waals surface area (Å²) in [6.07, 6.45) is 1.65. The molecule has 1 rings (SSSR count). The van der Waals surface area contributed by atoms with Gasteiger partial charge >= 0.3 is 10.4 Å². The fourth-order valence-electron chi connectivity index (χ4n) is 0.760. The molecule has 0 aromatic heterocycles. The monoisotopic (exact) mass is 184 g/mol. The van der Waals surface area contributed by atoms with Gasteiger partial charge in [0.15, 0.2) is 0 Å². The van der Waals surface area contributed by atoms with Crippen LogP contribution in [0.3, 0.4) is 0 Å². The van der Waals surface area contributed by atoms with Gasteiger partial charge in [0.1, 0.15) is 5.44 Å². The third-order valence-corrected chi connectivity index (χ3v) is 2.94. The molecule has 0 aromatic carbocycles. The third kappa shape index (κ3) is 2.87. The molecule has 1 N–H and O–H groups in total. The standard InChI is InChI=1S/C4H8O4S2/c5-10(6,7)8-4-2-1-3-9-4/h4H,1-3H2,(H,5,6,7). The van der Waals surface area contributed by atoms with E-state index < -0.39 is 10.4 Å². The Bertz CT molecular complexity index is 191. The average molecular weight is 184 g/mol. The quantitative estimate of drug-likeness (QED) is 0.639. The van der Waals surface area contributed by atoms with Crippen LogP contribution in [-0.2, 0) is 14.6 Å². The maximum atomic E-state index is 10.1. The van der Waals surface area contributed by atoms with E-state index in [1.54, 1.807) is 0 Å². The molecule has 0 spiro atoms. The molecule has 0 aromatic rings. The second kappa shape index (κ2) is 3.08.